The van der Waals surface area contributed by atoms with Crippen LogP contribution in [0.25, 0.3) is 0 Å². The molecule has 1 aliphatic rings. The average molecular weight is 244 g/mol. The van der Waals surface area contributed by atoms with E-state index in [0.29, 0.717) is 12.0 Å². The third-order valence-electron chi connectivity index (χ3n) is 3.32. The third kappa shape index (κ3) is 2.30. The molecule has 18 heavy (non-hydrogen) atoms. The summed E-state index contributed by atoms with van der Waals surface area (Å²) >= 11 is 0. The highest BCUT2D eigenvalue weighted by molar-refractivity contribution is 5.95. The molecule has 1 saturated heterocycles. The van der Waals surface area contributed by atoms with Crippen molar-refractivity contribution in [1.29, 1.82) is 5.26 Å². The maximum Gasteiger partial charge on any atom is 0.339 e. The van der Waals surface area contributed by atoms with Crippen LogP contribution in [-0.4, -0.2) is 25.7 Å². The molecule has 0 spiro atoms. The lowest BCUT2D eigenvalue weighted by atomic mass is 10.1. The molecule has 0 radical (unpaired) electrons. The molecule has 4 heteroatoms. The molecule has 1 aromatic carbocycles. The number of carbonyl (C=O) groups is 1. The predicted octanol–water partition coefficient (Wildman–Crippen LogP) is 2.36. The number of carbonyl (C=O) groups excluding carboxylic acids is 1. The van der Waals surface area contributed by atoms with Crippen molar-refractivity contribution in [2.45, 2.75) is 25.3 Å². The van der Waals surface area contributed by atoms with Gasteiger partial charge in [0, 0.05) is 12.6 Å². The topological polar surface area (TPSA) is 53.3 Å². The second-order valence-electron chi connectivity index (χ2n) is 4.36. The summed E-state index contributed by atoms with van der Waals surface area (Å²) in [6.07, 6.45) is 2.56. The van der Waals surface area contributed by atoms with Crippen molar-refractivity contribution < 1.29 is 9.53 Å². The molecule has 94 valence electrons. The van der Waals surface area contributed by atoms with Gasteiger partial charge in [-0.1, -0.05) is 12.1 Å². The van der Waals surface area contributed by atoms with E-state index in [0.717, 1.165) is 25.1 Å². The van der Waals surface area contributed by atoms with E-state index in [2.05, 4.69) is 11.0 Å². The molecule has 0 bridgehead atoms. The number of benzene rings is 1. The maximum atomic E-state index is 11.7. The van der Waals surface area contributed by atoms with Gasteiger partial charge in [0.1, 0.15) is 0 Å². The van der Waals surface area contributed by atoms with Crippen LogP contribution in [0.1, 0.15) is 29.6 Å². The minimum absolute atomic E-state index is 0.209. The average Bonchev–Trinajstić information content (AvgIpc) is 2.86. The second kappa shape index (κ2) is 5.54. The summed E-state index contributed by atoms with van der Waals surface area (Å²) in [5.41, 5.74) is 1.45. The lowest BCUT2D eigenvalue weighted by molar-refractivity contribution is 0.0601. The van der Waals surface area contributed by atoms with E-state index < -0.39 is 0 Å². The summed E-state index contributed by atoms with van der Waals surface area (Å²) in [6.45, 7) is 0.889. The first-order chi connectivity index (χ1) is 8.77. The second-order valence-corrected chi connectivity index (χ2v) is 4.36. The molecule has 1 fully saturated rings. The van der Waals surface area contributed by atoms with E-state index in [9.17, 15) is 4.79 Å². The highest BCUT2D eigenvalue weighted by Gasteiger charge is 2.27. The molecule has 1 aliphatic heterocycles. The summed E-state index contributed by atoms with van der Waals surface area (Å²) < 4.78 is 4.80. The molecule has 2 rings (SSSR count). The molecule has 0 aromatic heterocycles. The van der Waals surface area contributed by atoms with Gasteiger partial charge in [-0.3, -0.25) is 0 Å². The zero-order valence-electron chi connectivity index (χ0n) is 10.4. The number of nitriles is 1. The number of para-hydroxylation sites is 1. The van der Waals surface area contributed by atoms with Crippen molar-refractivity contribution in [2.75, 3.05) is 18.6 Å². The van der Waals surface area contributed by atoms with Crippen molar-refractivity contribution >= 4 is 11.7 Å². The van der Waals surface area contributed by atoms with E-state index in [1.807, 2.05) is 18.2 Å². The Morgan fingerprint density at radius 2 is 2.33 bits per heavy atom. The normalized spacial score (nSPS) is 18.4. The van der Waals surface area contributed by atoms with Crippen LogP contribution in [0, 0.1) is 11.3 Å². The van der Waals surface area contributed by atoms with Crippen LogP contribution in [0.4, 0.5) is 5.69 Å². The quantitative estimate of drug-likeness (QED) is 0.766. The molecule has 0 aliphatic carbocycles. The van der Waals surface area contributed by atoms with Crippen LogP contribution < -0.4 is 4.90 Å². The monoisotopic (exact) mass is 244 g/mol. The van der Waals surface area contributed by atoms with Gasteiger partial charge in [-0.25, -0.2) is 4.79 Å². The van der Waals surface area contributed by atoms with Gasteiger partial charge in [0.15, 0.2) is 0 Å². The van der Waals surface area contributed by atoms with Crippen LogP contribution in [0.5, 0.6) is 0 Å². The SMILES string of the molecule is COC(=O)c1ccccc1N1CCCC1CC#N. The van der Waals surface area contributed by atoms with Crippen LogP contribution in [-0.2, 0) is 4.74 Å². The van der Waals surface area contributed by atoms with Gasteiger partial charge in [-0.15, -0.1) is 0 Å². The Morgan fingerprint density at radius 3 is 3.06 bits per heavy atom. The lowest BCUT2D eigenvalue weighted by Crippen LogP contribution is -2.30. The smallest absolute Gasteiger partial charge is 0.339 e. The van der Waals surface area contributed by atoms with E-state index in [-0.39, 0.29) is 12.0 Å². The molecule has 1 aromatic rings. The van der Waals surface area contributed by atoms with Gasteiger partial charge in [0.05, 0.1) is 30.9 Å². The number of rotatable bonds is 3. The molecule has 0 N–H and O–H groups in total. The van der Waals surface area contributed by atoms with Crippen LogP contribution in [0.15, 0.2) is 24.3 Å². The Bertz CT molecular complexity index is 479. The van der Waals surface area contributed by atoms with Crippen molar-refractivity contribution in [3.05, 3.63) is 29.8 Å². The molecule has 1 unspecified atom stereocenters. The maximum absolute atomic E-state index is 11.7. The third-order valence-corrected chi connectivity index (χ3v) is 3.32. The highest BCUT2D eigenvalue weighted by Crippen LogP contribution is 2.30. The van der Waals surface area contributed by atoms with Gasteiger partial charge >= 0.3 is 5.97 Å². The fourth-order valence-corrected chi connectivity index (χ4v) is 2.48. The molecule has 0 saturated carbocycles. The van der Waals surface area contributed by atoms with Crippen molar-refractivity contribution in [3.63, 3.8) is 0 Å². The minimum atomic E-state index is -0.326. The standard InChI is InChI=1S/C14H16N2O2/c1-18-14(17)12-6-2-3-7-13(12)16-10-4-5-11(16)8-9-15/h2-3,6-7,11H,4-5,8,10H2,1H3. The van der Waals surface area contributed by atoms with Gasteiger partial charge in [0.2, 0.25) is 0 Å². The molecular formula is C14H16N2O2. The van der Waals surface area contributed by atoms with Gasteiger partial charge in [-0.2, -0.15) is 5.26 Å². The first kappa shape index (κ1) is 12.4. The number of nitrogens with zero attached hydrogens (tertiary/aromatic N) is 2. The lowest BCUT2D eigenvalue weighted by Gasteiger charge is -2.26. The number of esters is 1. The number of hydrogen-bond acceptors (Lipinski definition) is 4. The number of anilines is 1. The Balaban J connectivity index is 2.33. The summed E-state index contributed by atoms with van der Waals surface area (Å²) in [6, 6.07) is 9.84. The van der Waals surface area contributed by atoms with Gasteiger partial charge < -0.3 is 9.64 Å². The largest absolute Gasteiger partial charge is 0.465 e. The number of methoxy groups -OCH3 is 1. The first-order valence-electron chi connectivity index (χ1n) is 6.09. The Hall–Kier alpha value is -2.02. The van der Waals surface area contributed by atoms with Crippen LogP contribution in [0.3, 0.4) is 0 Å². The van der Waals surface area contributed by atoms with E-state index in [4.69, 9.17) is 10.00 Å². The Kier molecular flexibility index (Phi) is 3.83. The van der Waals surface area contributed by atoms with Crippen LogP contribution >= 0.6 is 0 Å². The van der Waals surface area contributed by atoms with E-state index in [1.165, 1.54) is 7.11 Å². The molecule has 4 nitrogen and oxygen atoms in total. The minimum Gasteiger partial charge on any atom is -0.465 e. The number of hydrogen-bond donors (Lipinski definition) is 0. The first-order valence-corrected chi connectivity index (χ1v) is 6.09. The van der Waals surface area contributed by atoms with Crippen molar-refractivity contribution in [3.8, 4) is 6.07 Å². The molecule has 0 amide bonds. The summed E-state index contributed by atoms with van der Waals surface area (Å²) in [7, 11) is 1.38. The predicted molar refractivity (Wildman–Crippen MR) is 68.4 cm³/mol. The molecule has 1 heterocycles. The summed E-state index contributed by atoms with van der Waals surface area (Å²) in [4.78, 5) is 13.9. The van der Waals surface area contributed by atoms with E-state index >= 15 is 0 Å². The van der Waals surface area contributed by atoms with Crippen LogP contribution in [0.2, 0.25) is 0 Å². The fraction of sp³-hybridized carbons (Fsp3) is 0.429. The Morgan fingerprint density at radius 1 is 1.56 bits per heavy atom. The van der Waals surface area contributed by atoms with Gasteiger partial charge in [-0.05, 0) is 25.0 Å². The molecule has 1 atom stereocenters. The van der Waals surface area contributed by atoms with Crippen molar-refractivity contribution in [1.82, 2.24) is 0 Å². The molecular weight excluding hydrogens is 228 g/mol. The summed E-state index contributed by atoms with van der Waals surface area (Å²) in [5, 5.41) is 8.85. The summed E-state index contributed by atoms with van der Waals surface area (Å²) in [5.74, 6) is -0.326. The van der Waals surface area contributed by atoms with Gasteiger partial charge in [0.25, 0.3) is 0 Å². The highest BCUT2D eigenvalue weighted by atomic mass is 16.5. The fourth-order valence-electron chi connectivity index (χ4n) is 2.48. The zero-order valence-corrected chi connectivity index (χ0v) is 10.4. The number of ether oxygens (including phenoxy) is 1. The van der Waals surface area contributed by atoms with E-state index in [1.54, 1.807) is 6.07 Å². The van der Waals surface area contributed by atoms with Crippen molar-refractivity contribution in [2.24, 2.45) is 0 Å². The Labute approximate surface area is 107 Å². The zero-order chi connectivity index (χ0) is 13.0.